The fourth-order valence-electron chi connectivity index (χ4n) is 3.63. The van der Waals surface area contributed by atoms with Crippen LogP contribution in [0.4, 0.5) is 11.4 Å². The molecule has 0 aromatic heterocycles. The molecule has 1 aliphatic rings. The Morgan fingerprint density at radius 1 is 1.00 bits per heavy atom. The Morgan fingerprint density at radius 3 is 2.04 bits per heavy atom. The van der Waals surface area contributed by atoms with Gasteiger partial charge in [0.1, 0.15) is 6.04 Å². The van der Waals surface area contributed by atoms with Gasteiger partial charge in [0.2, 0.25) is 5.91 Å². The molecule has 1 unspecified atom stereocenters. The van der Waals surface area contributed by atoms with Gasteiger partial charge in [0.05, 0.1) is 11.1 Å². The van der Waals surface area contributed by atoms with E-state index in [1.165, 1.54) is 0 Å². The minimum absolute atomic E-state index is 0.232. The number of amides is 3. The maximum Gasteiger partial charge on any atom is 0.262 e. The average molecular weight is 379 g/mol. The maximum atomic E-state index is 13.0. The minimum Gasteiger partial charge on any atom is -0.377 e. The van der Waals surface area contributed by atoms with Crippen LogP contribution in [0.1, 0.15) is 40.1 Å². The summed E-state index contributed by atoms with van der Waals surface area (Å²) in [5.74, 6) is -1.45. The number of nitrogens with zero attached hydrogens (tertiary/aromatic N) is 2. The van der Waals surface area contributed by atoms with E-state index in [1.54, 1.807) is 24.3 Å². The monoisotopic (exact) mass is 379 g/mol. The van der Waals surface area contributed by atoms with Crippen LogP contribution in [0, 0.1) is 12.8 Å². The van der Waals surface area contributed by atoms with Crippen molar-refractivity contribution in [2.75, 3.05) is 24.3 Å². The summed E-state index contributed by atoms with van der Waals surface area (Å²) in [4.78, 5) is 41.7. The third kappa shape index (κ3) is 3.38. The molecule has 0 radical (unpaired) electrons. The molecule has 6 nitrogen and oxygen atoms in total. The summed E-state index contributed by atoms with van der Waals surface area (Å²) >= 11 is 0. The predicted octanol–water partition coefficient (Wildman–Crippen LogP) is 3.32. The summed E-state index contributed by atoms with van der Waals surface area (Å²) in [6.07, 6.45) is 0. The lowest BCUT2D eigenvalue weighted by atomic mass is 10.0. The van der Waals surface area contributed by atoms with Gasteiger partial charge in [-0.3, -0.25) is 19.3 Å². The van der Waals surface area contributed by atoms with Crippen molar-refractivity contribution in [1.82, 2.24) is 4.90 Å². The van der Waals surface area contributed by atoms with Crippen molar-refractivity contribution in [2.45, 2.75) is 26.8 Å². The highest BCUT2D eigenvalue weighted by Crippen LogP contribution is 2.28. The molecule has 0 aliphatic carbocycles. The van der Waals surface area contributed by atoms with Crippen LogP contribution in [0.25, 0.3) is 0 Å². The van der Waals surface area contributed by atoms with Gasteiger partial charge in [0.15, 0.2) is 0 Å². The van der Waals surface area contributed by atoms with Crippen LogP contribution >= 0.6 is 0 Å². The first-order valence-corrected chi connectivity index (χ1v) is 9.28. The highest BCUT2D eigenvalue weighted by Gasteiger charge is 2.43. The van der Waals surface area contributed by atoms with Crippen molar-refractivity contribution in [3.05, 3.63) is 59.2 Å². The molecule has 28 heavy (non-hydrogen) atoms. The predicted molar refractivity (Wildman–Crippen MR) is 110 cm³/mol. The van der Waals surface area contributed by atoms with E-state index >= 15 is 0 Å². The van der Waals surface area contributed by atoms with Gasteiger partial charge in [-0.15, -0.1) is 0 Å². The van der Waals surface area contributed by atoms with Crippen LogP contribution in [-0.4, -0.2) is 42.8 Å². The Hall–Kier alpha value is -3.15. The van der Waals surface area contributed by atoms with Crippen LogP contribution in [-0.2, 0) is 4.79 Å². The number of carbonyl (C=O) groups is 3. The van der Waals surface area contributed by atoms with Crippen molar-refractivity contribution in [3.63, 3.8) is 0 Å². The lowest BCUT2D eigenvalue weighted by Crippen LogP contribution is -2.50. The van der Waals surface area contributed by atoms with Crippen molar-refractivity contribution < 1.29 is 14.4 Å². The molecule has 0 bridgehead atoms. The average Bonchev–Trinajstić information content (AvgIpc) is 2.87. The lowest BCUT2D eigenvalue weighted by Gasteiger charge is -2.28. The van der Waals surface area contributed by atoms with Crippen LogP contribution in [0.2, 0.25) is 0 Å². The van der Waals surface area contributed by atoms with Gasteiger partial charge in [-0.05, 0) is 48.7 Å². The summed E-state index contributed by atoms with van der Waals surface area (Å²) in [5.41, 5.74) is 3.40. The standard InChI is InChI=1S/C22H25N3O3/c1-13(2)19(25-21(27)16-8-6-7-9-17(16)22(25)28)20(26)23-15-10-11-18(24(4)5)14(3)12-15/h6-13,19H,1-5H3,(H,23,26). The highest BCUT2D eigenvalue weighted by atomic mass is 16.2. The quantitative estimate of drug-likeness (QED) is 0.809. The van der Waals surface area contributed by atoms with E-state index in [0.717, 1.165) is 16.2 Å². The Balaban J connectivity index is 1.88. The zero-order valence-electron chi connectivity index (χ0n) is 16.8. The first kappa shape index (κ1) is 19.6. The SMILES string of the molecule is Cc1cc(NC(=O)C(C(C)C)N2C(=O)c3ccccc3C2=O)ccc1N(C)C. The molecule has 6 heteroatoms. The fraction of sp³-hybridized carbons (Fsp3) is 0.318. The fourth-order valence-corrected chi connectivity index (χ4v) is 3.63. The number of rotatable bonds is 5. The molecule has 0 fully saturated rings. The van der Waals surface area contributed by atoms with E-state index in [1.807, 2.05) is 58.0 Å². The Bertz CT molecular complexity index is 915. The second-order valence-corrected chi connectivity index (χ2v) is 7.60. The summed E-state index contributed by atoms with van der Waals surface area (Å²) in [7, 11) is 3.91. The van der Waals surface area contributed by atoms with Crippen LogP contribution in [0.5, 0.6) is 0 Å². The topological polar surface area (TPSA) is 69.7 Å². The molecular weight excluding hydrogens is 354 g/mol. The number of fused-ring (bicyclic) bond motifs is 1. The third-order valence-corrected chi connectivity index (χ3v) is 4.95. The van der Waals surface area contributed by atoms with E-state index in [4.69, 9.17) is 0 Å². The number of hydrogen-bond donors (Lipinski definition) is 1. The zero-order chi connectivity index (χ0) is 20.6. The van der Waals surface area contributed by atoms with Crippen LogP contribution < -0.4 is 10.2 Å². The Labute approximate surface area is 165 Å². The molecule has 0 saturated carbocycles. The number of carbonyl (C=O) groups excluding carboxylic acids is 3. The molecule has 3 amide bonds. The number of benzene rings is 2. The summed E-state index contributed by atoms with van der Waals surface area (Å²) < 4.78 is 0. The van der Waals surface area contributed by atoms with Gasteiger partial charge in [-0.25, -0.2) is 0 Å². The maximum absolute atomic E-state index is 13.0. The van der Waals surface area contributed by atoms with Gasteiger partial charge in [0, 0.05) is 25.5 Å². The molecule has 146 valence electrons. The third-order valence-electron chi connectivity index (χ3n) is 4.95. The molecule has 1 N–H and O–H groups in total. The number of hydrogen-bond acceptors (Lipinski definition) is 4. The zero-order valence-corrected chi connectivity index (χ0v) is 16.8. The summed E-state index contributed by atoms with van der Waals surface area (Å²) in [6.45, 7) is 5.62. The molecule has 0 saturated heterocycles. The molecule has 0 spiro atoms. The first-order valence-electron chi connectivity index (χ1n) is 9.28. The van der Waals surface area contributed by atoms with Gasteiger partial charge >= 0.3 is 0 Å². The van der Waals surface area contributed by atoms with E-state index in [9.17, 15) is 14.4 Å². The van der Waals surface area contributed by atoms with Gasteiger partial charge < -0.3 is 10.2 Å². The van der Waals surface area contributed by atoms with E-state index in [-0.39, 0.29) is 11.8 Å². The summed E-state index contributed by atoms with van der Waals surface area (Å²) in [6, 6.07) is 11.4. The molecule has 1 aliphatic heterocycles. The Kier molecular flexibility index (Phi) is 5.23. The second-order valence-electron chi connectivity index (χ2n) is 7.60. The molecular formula is C22H25N3O3. The minimum atomic E-state index is -0.888. The van der Waals surface area contributed by atoms with E-state index in [0.29, 0.717) is 16.8 Å². The molecule has 3 rings (SSSR count). The molecule has 1 atom stereocenters. The second kappa shape index (κ2) is 7.46. The van der Waals surface area contributed by atoms with Crippen LogP contribution in [0.3, 0.4) is 0 Å². The van der Waals surface area contributed by atoms with Crippen molar-refractivity contribution >= 4 is 29.1 Å². The smallest absolute Gasteiger partial charge is 0.262 e. The van der Waals surface area contributed by atoms with Gasteiger partial charge in [-0.2, -0.15) is 0 Å². The lowest BCUT2D eigenvalue weighted by molar-refractivity contribution is -0.121. The molecule has 2 aromatic carbocycles. The van der Waals surface area contributed by atoms with Crippen LogP contribution in [0.15, 0.2) is 42.5 Å². The van der Waals surface area contributed by atoms with E-state index < -0.39 is 17.9 Å². The molecule has 1 heterocycles. The first-order chi connectivity index (χ1) is 13.2. The number of imide groups is 1. The Morgan fingerprint density at radius 2 is 1.57 bits per heavy atom. The van der Waals surface area contributed by atoms with Crippen molar-refractivity contribution in [1.29, 1.82) is 0 Å². The molecule has 2 aromatic rings. The number of nitrogens with one attached hydrogen (secondary N) is 1. The number of aryl methyl sites for hydroxylation is 1. The van der Waals surface area contributed by atoms with Gasteiger partial charge in [0.25, 0.3) is 11.8 Å². The van der Waals surface area contributed by atoms with Crippen molar-refractivity contribution in [2.24, 2.45) is 5.92 Å². The highest BCUT2D eigenvalue weighted by molar-refractivity contribution is 6.23. The van der Waals surface area contributed by atoms with E-state index in [2.05, 4.69) is 5.32 Å². The summed E-state index contributed by atoms with van der Waals surface area (Å²) in [5, 5.41) is 2.87. The number of anilines is 2. The largest absolute Gasteiger partial charge is 0.377 e. The van der Waals surface area contributed by atoms with Gasteiger partial charge in [-0.1, -0.05) is 26.0 Å². The normalized spacial score (nSPS) is 14.3. The van der Waals surface area contributed by atoms with Crippen molar-refractivity contribution in [3.8, 4) is 0 Å².